The summed E-state index contributed by atoms with van der Waals surface area (Å²) in [6, 6.07) is 19.5. The van der Waals surface area contributed by atoms with Gasteiger partial charge in [-0.05, 0) is 18.6 Å². The summed E-state index contributed by atoms with van der Waals surface area (Å²) in [5, 5.41) is 10.4. The second-order valence-electron chi connectivity index (χ2n) is 5.14. The first-order chi connectivity index (χ1) is 11.3. The van der Waals surface area contributed by atoms with E-state index in [4.69, 9.17) is 4.74 Å². The Morgan fingerprint density at radius 3 is 2.57 bits per heavy atom. The lowest BCUT2D eigenvalue weighted by molar-refractivity contribution is -0.143. The molecule has 0 saturated heterocycles. The Labute approximate surface area is 134 Å². The van der Waals surface area contributed by atoms with Gasteiger partial charge in [-0.15, -0.1) is 0 Å². The van der Waals surface area contributed by atoms with Crippen molar-refractivity contribution in [2.24, 2.45) is 0 Å². The van der Waals surface area contributed by atoms with Crippen LogP contribution in [-0.4, -0.2) is 17.6 Å². The minimum absolute atomic E-state index is 0.250. The smallest absolute Gasteiger partial charge is 0.328 e. The summed E-state index contributed by atoms with van der Waals surface area (Å²) >= 11 is 0. The molecule has 1 unspecified atom stereocenters. The second kappa shape index (κ2) is 6.37. The number of aromatic amines is 1. The molecule has 4 heteroatoms. The van der Waals surface area contributed by atoms with Gasteiger partial charge in [0.15, 0.2) is 5.92 Å². The number of nitrogens with zero attached hydrogens (tertiary/aromatic N) is 1. The highest BCUT2D eigenvalue weighted by atomic mass is 16.5. The minimum Gasteiger partial charge on any atom is -0.465 e. The van der Waals surface area contributed by atoms with Gasteiger partial charge in [-0.2, -0.15) is 5.26 Å². The fourth-order valence-corrected chi connectivity index (χ4v) is 2.76. The number of para-hydroxylation sites is 1. The number of esters is 1. The molecule has 0 aliphatic heterocycles. The molecule has 0 bridgehead atoms. The van der Waals surface area contributed by atoms with E-state index in [1.807, 2.05) is 54.6 Å². The number of H-pyrrole nitrogens is 1. The van der Waals surface area contributed by atoms with Crippen molar-refractivity contribution in [3.8, 4) is 17.3 Å². The van der Waals surface area contributed by atoms with E-state index in [9.17, 15) is 10.1 Å². The van der Waals surface area contributed by atoms with Gasteiger partial charge in [0.25, 0.3) is 0 Å². The molecule has 3 rings (SSSR count). The largest absolute Gasteiger partial charge is 0.465 e. The number of carbonyl (C=O) groups excluding carboxylic acids is 1. The number of aromatic nitrogens is 1. The fraction of sp³-hybridized carbons (Fsp3) is 0.158. The highest BCUT2D eigenvalue weighted by Gasteiger charge is 2.28. The molecule has 0 aliphatic carbocycles. The van der Waals surface area contributed by atoms with Crippen molar-refractivity contribution in [1.29, 1.82) is 5.26 Å². The van der Waals surface area contributed by atoms with Gasteiger partial charge >= 0.3 is 5.97 Å². The molecule has 0 amide bonds. The lowest BCUT2D eigenvalue weighted by Crippen LogP contribution is -2.15. The molecule has 0 saturated carbocycles. The normalized spacial score (nSPS) is 11.8. The van der Waals surface area contributed by atoms with E-state index in [1.54, 1.807) is 6.92 Å². The summed E-state index contributed by atoms with van der Waals surface area (Å²) in [4.78, 5) is 15.6. The Hall–Kier alpha value is -3.06. The second-order valence-corrected chi connectivity index (χ2v) is 5.14. The third-order valence-electron chi connectivity index (χ3n) is 3.75. The molecular weight excluding hydrogens is 288 g/mol. The quantitative estimate of drug-likeness (QED) is 0.741. The van der Waals surface area contributed by atoms with Crippen LogP contribution in [-0.2, 0) is 9.53 Å². The molecule has 2 aromatic carbocycles. The van der Waals surface area contributed by atoms with Crippen LogP contribution in [0.1, 0.15) is 18.4 Å². The van der Waals surface area contributed by atoms with Crippen molar-refractivity contribution >= 4 is 16.9 Å². The first-order valence-electron chi connectivity index (χ1n) is 7.48. The molecule has 0 aliphatic rings. The van der Waals surface area contributed by atoms with Crippen molar-refractivity contribution in [3.63, 3.8) is 0 Å². The topological polar surface area (TPSA) is 65.9 Å². The molecule has 1 heterocycles. The van der Waals surface area contributed by atoms with Gasteiger partial charge in [-0.25, -0.2) is 0 Å². The highest BCUT2D eigenvalue weighted by molar-refractivity contribution is 5.97. The predicted octanol–water partition coefficient (Wildman–Crippen LogP) is 4.01. The van der Waals surface area contributed by atoms with E-state index in [-0.39, 0.29) is 6.61 Å². The van der Waals surface area contributed by atoms with E-state index in [2.05, 4.69) is 11.1 Å². The van der Waals surface area contributed by atoms with Crippen LogP contribution < -0.4 is 0 Å². The molecule has 1 aromatic heterocycles. The number of rotatable bonds is 4. The van der Waals surface area contributed by atoms with Crippen molar-refractivity contribution in [2.45, 2.75) is 12.8 Å². The summed E-state index contributed by atoms with van der Waals surface area (Å²) in [6.45, 7) is 1.99. The molecule has 0 fully saturated rings. The van der Waals surface area contributed by atoms with Crippen LogP contribution in [0.4, 0.5) is 0 Å². The minimum atomic E-state index is -0.957. The monoisotopic (exact) mass is 304 g/mol. The number of nitriles is 1. The molecule has 3 aromatic rings. The van der Waals surface area contributed by atoms with Gasteiger partial charge in [0, 0.05) is 16.5 Å². The van der Waals surface area contributed by atoms with E-state index in [0.717, 1.165) is 22.2 Å². The predicted molar refractivity (Wildman–Crippen MR) is 88.7 cm³/mol. The van der Waals surface area contributed by atoms with Crippen LogP contribution in [0, 0.1) is 11.3 Å². The maximum atomic E-state index is 12.2. The number of hydrogen-bond acceptors (Lipinski definition) is 3. The van der Waals surface area contributed by atoms with Crippen LogP contribution >= 0.6 is 0 Å². The van der Waals surface area contributed by atoms with Crippen molar-refractivity contribution in [2.75, 3.05) is 6.61 Å². The molecule has 23 heavy (non-hydrogen) atoms. The first kappa shape index (κ1) is 14.9. The van der Waals surface area contributed by atoms with E-state index >= 15 is 0 Å². The van der Waals surface area contributed by atoms with Crippen molar-refractivity contribution in [3.05, 3.63) is 60.2 Å². The molecule has 4 nitrogen and oxygen atoms in total. The number of carbonyl (C=O) groups is 1. The maximum Gasteiger partial charge on any atom is 0.328 e. The van der Waals surface area contributed by atoms with Crippen LogP contribution in [0.15, 0.2) is 54.6 Å². The molecule has 0 radical (unpaired) electrons. The van der Waals surface area contributed by atoms with Gasteiger partial charge in [0.05, 0.1) is 18.4 Å². The van der Waals surface area contributed by atoms with Gasteiger partial charge < -0.3 is 9.72 Å². The average Bonchev–Trinajstić information content (AvgIpc) is 2.96. The van der Waals surface area contributed by atoms with Crippen LogP contribution in [0.3, 0.4) is 0 Å². The first-order valence-corrected chi connectivity index (χ1v) is 7.48. The van der Waals surface area contributed by atoms with E-state index in [0.29, 0.717) is 5.56 Å². The van der Waals surface area contributed by atoms with E-state index in [1.165, 1.54) is 0 Å². The number of ether oxygens (including phenoxy) is 1. The summed E-state index contributed by atoms with van der Waals surface area (Å²) in [5.41, 5.74) is 3.29. The van der Waals surface area contributed by atoms with Gasteiger partial charge in [0.2, 0.25) is 0 Å². The van der Waals surface area contributed by atoms with Crippen molar-refractivity contribution < 1.29 is 9.53 Å². The third-order valence-corrected chi connectivity index (χ3v) is 3.75. The zero-order valence-electron chi connectivity index (χ0n) is 12.7. The Kier molecular flexibility index (Phi) is 4.11. The number of benzene rings is 2. The van der Waals surface area contributed by atoms with Gasteiger partial charge in [0.1, 0.15) is 0 Å². The Morgan fingerprint density at radius 2 is 1.87 bits per heavy atom. The molecular formula is C19H16N2O2. The molecule has 0 spiro atoms. The summed E-state index contributed by atoms with van der Waals surface area (Å²) in [7, 11) is 0. The van der Waals surface area contributed by atoms with E-state index < -0.39 is 11.9 Å². The lowest BCUT2D eigenvalue weighted by atomic mass is 9.94. The standard InChI is InChI=1S/C19H16N2O2/c1-2-23-19(22)15(12-20)17-14-10-6-7-11-16(14)21-18(17)13-8-4-3-5-9-13/h3-11,15,21H,2H2,1H3. The summed E-state index contributed by atoms with van der Waals surface area (Å²) in [5.74, 6) is -1.47. The zero-order chi connectivity index (χ0) is 16.2. The van der Waals surface area contributed by atoms with Crippen molar-refractivity contribution in [1.82, 2.24) is 4.98 Å². The molecule has 1 N–H and O–H groups in total. The summed E-state index contributed by atoms with van der Waals surface area (Å²) < 4.78 is 5.08. The molecule has 1 atom stereocenters. The van der Waals surface area contributed by atoms with Gasteiger partial charge in [-0.1, -0.05) is 48.5 Å². The Bertz CT molecular complexity index is 875. The number of nitrogens with one attached hydrogen (secondary N) is 1. The average molecular weight is 304 g/mol. The zero-order valence-corrected chi connectivity index (χ0v) is 12.7. The third kappa shape index (κ3) is 2.69. The van der Waals surface area contributed by atoms with Crippen LogP contribution in [0.2, 0.25) is 0 Å². The molecule has 114 valence electrons. The fourth-order valence-electron chi connectivity index (χ4n) is 2.76. The highest BCUT2D eigenvalue weighted by Crippen LogP contribution is 2.36. The Morgan fingerprint density at radius 1 is 1.17 bits per heavy atom. The van der Waals surface area contributed by atoms with Crippen LogP contribution in [0.5, 0.6) is 0 Å². The Balaban J connectivity index is 2.25. The lowest BCUT2D eigenvalue weighted by Gasteiger charge is -2.11. The maximum absolute atomic E-state index is 12.2. The number of fused-ring (bicyclic) bond motifs is 1. The van der Waals surface area contributed by atoms with Gasteiger partial charge in [-0.3, -0.25) is 4.79 Å². The SMILES string of the molecule is CCOC(=O)C(C#N)c1c(-c2ccccc2)[nH]c2ccccc12. The number of hydrogen-bond donors (Lipinski definition) is 1. The van der Waals surface area contributed by atoms with Crippen LogP contribution in [0.25, 0.3) is 22.2 Å². The summed E-state index contributed by atoms with van der Waals surface area (Å²) in [6.07, 6.45) is 0.